The van der Waals surface area contributed by atoms with Crippen LogP contribution in [0.5, 0.6) is 0 Å². The maximum Gasteiger partial charge on any atom is 0.394 e. The van der Waals surface area contributed by atoms with Gasteiger partial charge in [-0.1, -0.05) is 0 Å². The van der Waals surface area contributed by atoms with Crippen molar-refractivity contribution in [2.45, 2.75) is 13.8 Å². The van der Waals surface area contributed by atoms with E-state index in [1.165, 1.54) is 0 Å². The Hall–Kier alpha value is -1.85. The summed E-state index contributed by atoms with van der Waals surface area (Å²) in [6.07, 6.45) is 0. The van der Waals surface area contributed by atoms with Crippen molar-refractivity contribution in [3.63, 3.8) is 0 Å². The number of aromatic amines is 1. The highest BCUT2D eigenvalue weighted by molar-refractivity contribution is 6.36. The van der Waals surface area contributed by atoms with Gasteiger partial charge in [0, 0.05) is 0 Å². The lowest BCUT2D eigenvalue weighted by Gasteiger charge is -2.00. The molecule has 1 amide bonds. The molecule has 70 valence electrons. The number of hydrogen-bond donors (Lipinski definition) is 3. The molecule has 0 saturated heterocycles. The molecular weight excluding hydrogens is 174 g/mol. The second-order valence-electron chi connectivity index (χ2n) is 2.57. The number of hydrogen-bond acceptors (Lipinski definition) is 3. The summed E-state index contributed by atoms with van der Waals surface area (Å²) in [5.74, 6) is -2.58. The van der Waals surface area contributed by atoms with Crippen molar-refractivity contribution < 1.29 is 14.7 Å². The lowest BCUT2D eigenvalue weighted by molar-refractivity contribution is -0.147. The van der Waals surface area contributed by atoms with Crippen LogP contribution in [0.3, 0.4) is 0 Å². The maximum atomic E-state index is 10.8. The van der Waals surface area contributed by atoms with Crippen LogP contribution in [0.4, 0.5) is 5.69 Å². The van der Waals surface area contributed by atoms with Gasteiger partial charge in [-0.25, -0.2) is 4.79 Å². The van der Waals surface area contributed by atoms with E-state index < -0.39 is 11.9 Å². The molecule has 0 aliphatic rings. The van der Waals surface area contributed by atoms with Gasteiger partial charge in [-0.2, -0.15) is 5.10 Å². The van der Waals surface area contributed by atoms with Crippen molar-refractivity contribution in [2.24, 2.45) is 0 Å². The number of carbonyl (C=O) groups is 2. The van der Waals surface area contributed by atoms with Crippen LogP contribution in [0.2, 0.25) is 0 Å². The number of carbonyl (C=O) groups excluding carboxylic acids is 1. The lowest BCUT2D eigenvalue weighted by atomic mass is 10.3. The molecule has 0 aliphatic heterocycles. The van der Waals surface area contributed by atoms with Crippen LogP contribution in [0.15, 0.2) is 0 Å². The molecule has 0 unspecified atom stereocenters. The Kier molecular flexibility index (Phi) is 2.32. The maximum absolute atomic E-state index is 10.8. The standard InChI is InChI=1S/C7H9N3O3/c1-3-5(4(2)10-9-3)8-6(11)7(12)13/h1-2H3,(H,8,11)(H,9,10)(H,12,13). The predicted octanol–water partition coefficient (Wildman–Crippen LogP) is 0.0496. The van der Waals surface area contributed by atoms with E-state index in [2.05, 4.69) is 15.5 Å². The monoisotopic (exact) mass is 183 g/mol. The van der Waals surface area contributed by atoms with Crippen LogP contribution in [-0.4, -0.2) is 27.2 Å². The number of aryl methyl sites for hydroxylation is 2. The van der Waals surface area contributed by atoms with Crippen LogP contribution in [-0.2, 0) is 9.59 Å². The number of carboxylic acids is 1. The van der Waals surface area contributed by atoms with Gasteiger partial charge in [0.05, 0.1) is 17.1 Å². The summed E-state index contributed by atoms with van der Waals surface area (Å²) >= 11 is 0. The Morgan fingerprint density at radius 1 is 1.46 bits per heavy atom. The van der Waals surface area contributed by atoms with Gasteiger partial charge in [0.15, 0.2) is 0 Å². The highest BCUT2D eigenvalue weighted by Crippen LogP contribution is 2.15. The van der Waals surface area contributed by atoms with E-state index in [0.29, 0.717) is 17.1 Å². The number of anilines is 1. The summed E-state index contributed by atoms with van der Waals surface area (Å²) in [6, 6.07) is 0. The molecule has 6 nitrogen and oxygen atoms in total. The van der Waals surface area contributed by atoms with E-state index in [9.17, 15) is 9.59 Å². The van der Waals surface area contributed by atoms with Crippen LogP contribution in [0.1, 0.15) is 11.4 Å². The number of aliphatic carboxylic acids is 1. The van der Waals surface area contributed by atoms with E-state index in [4.69, 9.17) is 5.11 Å². The second kappa shape index (κ2) is 3.26. The minimum Gasteiger partial charge on any atom is -0.474 e. The second-order valence-corrected chi connectivity index (χ2v) is 2.57. The van der Waals surface area contributed by atoms with Crippen molar-refractivity contribution in [2.75, 3.05) is 5.32 Å². The SMILES string of the molecule is Cc1n[nH]c(C)c1NC(=O)C(=O)O. The summed E-state index contributed by atoms with van der Waals surface area (Å²) < 4.78 is 0. The number of H-pyrrole nitrogens is 1. The Bertz CT molecular complexity index is 336. The van der Waals surface area contributed by atoms with Gasteiger partial charge in [-0.3, -0.25) is 9.89 Å². The molecule has 1 heterocycles. The Morgan fingerprint density at radius 2 is 2.08 bits per heavy atom. The average Bonchev–Trinajstić information content (AvgIpc) is 2.35. The molecule has 1 aromatic rings. The van der Waals surface area contributed by atoms with Crippen LogP contribution >= 0.6 is 0 Å². The van der Waals surface area contributed by atoms with Crippen LogP contribution in [0, 0.1) is 13.8 Å². The molecule has 0 radical (unpaired) electrons. The van der Waals surface area contributed by atoms with Crippen LogP contribution in [0.25, 0.3) is 0 Å². The summed E-state index contributed by atoms with van der Waals surface area (Å²) in [5, 5.41) is 17.0. The van der Waals surface area contributed by atoms with Gasteiger partial charge in [0.2, 0.25) is 0 Å². The summed E-state index contributed by atoms with van der Waals surface area (Å²) in [6.45, 7) is 3.36. The normalized spacial score (nSPS) is 9.69. The zero-order valence-electron chi connectivity index (χ0n) is 7.21. The van der Waals surface area contributed by atoms with Crippen molar-refractivity contribution in [1.82, 2.24) is 10.2 Å². The molecule has 0 saturated carbocycles. The van der Waals surface area contributed by atoms with Gasteiger partial charge >= 0.3 is 11.9 Å². The third-order valence-electron chi connectivity index (χ3n) is 1.56. The Balaban J connectivity index is 2.85. The molecule has 0 fully saturated rings. The quantitative estimate of drug-likeness (QED) is 0.536. The molecule has 0 atom stereocenters. The third kappa shape index (κ3) is 1.84. The first-order valence-corrected chi connectivity index (χ1v) is 3.58. The van der Waals surface area contributed by atoms with E-state index in [0.717, 1.165) is 0 Å². The smallest absolute Gasteiger partial charge is 0.394 e. The highest BCUT2D eigenvalue weighted by Gasteiger charge is 2.15. The summed E-state index contributed by atoms with van der Waals surface area (Å²) in [5.41, 5.74) is 1.62. The van der Waals surface area contributed by atoms with Gasteiger partial charge in [0.25, 0.3) is 0 Å². The molecular formula is C7H9N3O3. The molecule has 0 bridgehead atoms. The molecule has 1 rings (SSSR count). The van der Waals surface area contributed by atoms with E-state index in [-0.39, 0.29) is 0 Å². The number of rotatable bonds is 1. The van der Waals surface area contributed by atoms with Crippen LogP contribution < -0.4 is 5.32 Å². The van der Waals surface area contributed by atoms with E-state index >= 15 is 0 Å². The first kappa shape index (κ1) is 9.24. The largest absolute Gasteiger partial charge is 0.474 e. The number of amides is 1. The molecule has 6 heteroatoms. The van der Waals surface area contributed by atoms with Gasteiger partial charge in [0.1, 0.15) is 0 Å². The first-order valence-electron chi connectivity index (χ1n) is 3.58. The fraction of sp³-hybridized carbons (Fsp3) is 0.286. The Labute approximate surface area is 74.0 Å². The average molecular weight is 183 g/mol. The molecule has 1 aromatic heterocycles. The molecule has 0 aromatic carbocycles. The minimum absolute atomic E-state index is 0.424. The highest BCUT2D eigenvalue weighted by atomic mass is 16.4. The van der Waals surface area contributed by atoms with E-state index in [1.807, 2.05) is 0 Å². The van der Waals surface area contributed by atoms with Crippen molar-refractivity contribution in [3.8, 4) is 0 Å². The van der Waals surface area contributed by atoms with Gasteiger partial charge < -0.3 is 10.4 Å². The minimum atomic E-state index is -1.51. The van der Waals surface area contributed by atoms with Gasteiger partial charge in [-0.05, 0) is 13.8 Å². The molecule has 0 aliphatic carbocycles. The summed E-state index contributed by atoms with van der Waals surface area (Å²) in [4.78, 5) is 21.0. The van der Waals surface area contributed by atoms with Crippen molar-refractivity contribution in [3.05, 3.63) is 11.4 Å². The number of aromatic nitrogens is 2. The van der Waals surface area contributed by atoms with Crippen molar-refractivity contribution in [1.29, 1.82) is 0 Å². The molecule has 0 spiro atoms. The zero-order chi connectivity index (χ0) is 10.0. The lowest BCUT2D eigenvalue weighted by Crippen LogP contribution is -2.22. The fourth-order valence-corrected chi connectivity index (χ4v) is 0.902. The Morgan fingerprint density at radius 3 is 2.46 bits per heavy atom. The third-order valence-corrected chi connectivity index (χ3v) is 1.56. The molecule has 3 N–H and O–H groups in total. The topological polar surface area (TPSA) is 95.1 Å². The number of nitrogens with one attached hydrogen (secondary N) is 2. The zero-order valence-corrected chi connectivity index (χ0v) is 7.21. The first-order chi connectivity index (χ1) is 6.02. The van der Waals surface area contributed by atoms with E-state index in [1.54, 1.807) is 13.8 Å². The fourth-order valence-electron chi connectivity index (χ4n) is 0.902. The van der Waals surface area contributed by atoms with Gasteiger partial charge in [-0.15, -0.1) is 0 Å². The summed E-state index contributed by atoms with van der Waals surface area (Å²) in [7, 11) is 0. The number of carboxylic acid groups (broad SMARTS) is 1. The predicted molar refractivity (Wildman–Crippen MR) is 44.3 cm³/mol. The van der Waals surface area contributed by atoms with Crippen molar-refractivity contribution >= 4 is 17.6 Å². The number of nitrogens with zero attached hydrogens (tertiary/aromatic N) is 1. The molecule has 13 heavy (non-hydrogen) atoms.